The Labute approximate surface area is 116 Å². The van der Waals surface area contributed by atoms with Crippen LogP contribution < -0.4 is 10.9 Å². The van der Waals surface area contributed by atoms with Gasteiger partial charge in [-0.15, -0.1) is 0 Å². The molecule has 1 aromatic rings. The number of aromatic nitrogens is 2. The lowest BCUT2D eigenvalue weighted by Gasteiger charge is -2.15. The maximum Gasteiger partial charge on any atom is 0.283 e. The molecular formula is C13H20BrN3O. The van der Waals surface area contributed by atoms with Gasteiger partial charge in [-0.05, 0) is 35.2 Å². The predicted octanol–water partition coefficient (Wildman–Crippen LogP) is 3.16. The average Bonchev–Trinajstić information content (AvgIpc) is 2.87. The molecule has 100 valence electrons. The van der Waals surface area contributed by atoms with Crippen molar-refractivity contribution in [3.63, 3.8) is 0 Å². The first-order valence-electron chi connectivity index (χ1n) is 6.74. The Bertz CT molecular complexity index is 452. The van der Waals surface area contributed by atoms with Gasteiger partial charge in [-0.1, -0.05) is 26.2 Å². The van der Waals surface area contributed by atoms with E-state index in [0.717, 1.165) is 18.5 Å². The third-order valence-electron chi connectivity index (χ3n) is 3.42. The fourth-order valence-electron chi connectivity index (χ4n) is 2.32. The molecular weight excluding hydrogens is 294 g/mol. The zero-order valence-electron chi connectivity index (χ0n) is 10.8. The third-order valence-corrected chi connectivity index (χ3v) is 4.19. The smallest absolute Gasteiger partial charge is 0.283 e. The van der Waals surface area contributed by atoms with E-state index in [4.69, 9.17) is 0 Å². The van der Waals surface area contributed by atoms with E-state index in [0.29, 0.717) is 17.1 Å². The number of anilines is 1. The summed E-state index contributed by atoms with van der Waals surface area (Å²) >= 11 is 3.39. The molecule has 1 aromatic heterocycles. The second kappa shape index (κ2) is 6.36. The van der Waals surface area contributed by atoms with Gasteiger partial charge in [0.05, 0.1) is 11.9 Å². The zero-order valence-corrected chi connectivity index (χ0v) is 12.4. The molecule has 1 aliphatic rings. The van der Waals surface area contributed by atoms with E-state index in [-0.39, 0.29) is 5.56 Å². The van der Waals surface area contributed by atoms with Crippen molar-refractivity contribution in [1.82, 2.24) is 9.78 Å². The molecule has 18 heavy (non-hydrogen) atoms. The first-order chi connectivity index (χ1) is 8.72. The molecule has 1 N–H and O–H groups in total. The lowest BCUT2D eigenvalue weighted by atomic mass is 10.2. The van der Waals surface area contributed by atoms with Gasteiger partial charge in [0, 0.05) is 12.6 Å². The summed E-state index contributed by atoms with van der Waals surface area (Å²) in [6.07, 6.45) is 8.73. The van der Waals surface area contributed by atoms with Gasteiger partial charge in [0.1, 0.15) is 4.47 Å². The summed E-state index contributed by atoms with van der Waals surface area (Å²) in [5.41, 5.74) is 0.797. The molecule has 1 fully saturated rings. The number of nitrogens with zero attached hydrogens (tertiary/aromatic N) is 2. The minimum absolute atomic E-state index is 0.0357. The quantitative estimate of drug-likeness (QED) is 0.908. The van der Waals surface area contributed by atoms with Crippen molar-refractivity contribution in [3.8, 4) is 0 Å². The second-order valence-electron chi connectivity index (χ2n) is 4.88. The van der Waals surface area contributed by atoms with E-state index in [1.165, 1.54) is 30.4 Å². The molecule has 0 saturated heterocycles. The third kappa shape index (κ3) is 3.13. The van der Waals surface area contributed by atoms with Gasteiger partial charge in [0.2, 0.25) is 0 Å². The van der Waals surface area contributed by atoms with Crippen molar-refractivity contribution in [3.05, 3.63) is 21.0 Å². The van der Waals surface area contributed by atoms with Crippen molar-refractivity contribution in [2.45, 2.75) is 58.0 Å². The second-order valence-corrected chi connectivity index (χ2v) is 5.67. The van der Waals surface area contributed by atoms with Crippen molar-refractivity contribution < 1.29 is 0 Å². The summed E-state index contributed by atoms with van der Waals surface area (Å²) in [4.78, 5) is 12.1. The monoisotopic (exact) mass is 313 g/mol. The van der Waals surface area contributed by atoms with Crippen molar-refractivity contribution in [1.29, 1.82) is 0 Å². The summed E-state index contributed by atoms with van der Waals surface area (Å²) in [7, 11) is 0. The Kier molecular flexibility index (Phi) is 4.80. The van der Waals surface area contributed by atoms with Gasteiger partial charge in [-0.25, -0.2) is 4.68 Å². The van der Waals surface area contributed by atoms with Crippen LogP contribution in [-0.4, -0.2) is 15.8 Å². The van der Waals surface area contributed by atoms with Crippen LogP contribution in [0.15, 0.2) is 15.5 Å². The molecule has 1 aliphatic carbocycles. The van der Waals surface area contributed by atoms with Crippen molar-refractivity contribution >= 4 is 21.6 Å². The normalized spacial score (nSPS) is 16.1. The summed E-state index contributed by atoms with van der Waals surface area (Å²) in [5.74, 6) is 0. The highest BCUT2D eigenvalue weighted by atomic mass is 79.9. The maximum atomic E-state index is 12.1. The molecule has 1 saturated carbocycles. The number of aryl methyl sites for hydroxylation is 1. The minimum atomic E-state index is -0.0357. The zero-order chi connectivity index (χ0) is 13.0. The highest BCUT2D eigenvalue weighted by molar-refractivity contribution is 9.10. The fourth-order valence-corrected chi connectivity index (χ4v) is 2.74. The summed E-state index contributed by atoms with van der Waals surface area (Å²) in [5, 5.41) is 7.64. The van der Waals surface area contributed by atoms with Gasteiger partial charge in [-0.2, -0.15) is 5.10 Å². The van der Waals surface area contributed by atoms with Crippen LogP contribution in [0.25, 0.3) is 0 Å². The Balaban J connectivity index is 2.12. The first-order valence-corrected chi connectivity index (χ1v) is 7.54. The molecule has 1 heterocycles. The number of nitrogens with one attached hydrogen (secondary N) is 1. The Morgan fingerprint density at radius 3 is 2.89 bits per heavy atom. The van der Waals surface area contributed by atoms with Gasteiger partial charge in [0.15, 0.2) is 0 Å². The van der Waals surface area contributed by atoms with Crippen LogP contribution in [0.2, 0.25) is 0 Å². The number of hydrogen-bond donors (Lipinski definition) is 1. The van der Waals surface area contributed by atoms with Gasteiger partial charge in [0.25, 0.3) is 5.56 Å². The molecule has 0 atom stereocenters. The standard InChI is InChI=1S/C13H20BrN3O/c1-2-3-8-17-13(18)12(14)11(9-15-17)16-10-6-4-5-7-10/h9-10,16H,2-8H2,1H3. The summed E-state index contributed by atoms with van der Waals surface area (Å²) < 4.78 is 2.15. The molecule has 2 rings (SSSR count). The minimum Gasteiger partial charge on any atom is -0.380 e. The fraction of sp³-hybridized carbons (Fsp3) is 0.692. The molecule has 0 aromatic carbocycles. The van der Waals surface area contributed by atoms with Gasteiger partial charge < -0.3 is 5.32 Å². The molecule has 0 radical (unpaired) electrons. The van der Waals surface area contributed by atoms with E-state index in [1.54, 1.807) is 6.20 Å². The lowest BCUT2D eigenvalue weighted by molar-refractivity contribution is 0.540. The van der Waals surface area contributed by atoms with Crippen molar-refractivity contribution in [2.75, 3.05) is 5.32 Å². The largest absolute Gasteiger partial charge is 0.380 e. The molecule has 0 amide bonds. The topological polar surface area (TPSA) is 46.9 Å². The summed E-state index contributed by atoms with van der Waals surface area (Å²) in [6, 6.07) is 0.494. The SMILES string of the molecule is CCCCn1ncc(NC2CCCC2)c(Br)c1=O. The first kappa shape index (κ1) is 13.6. The number of unbranched alkanes of at least 4 members (excludes halogenated alkanes) is 1. The summed E-state index contributed by atoms with van der Waals surface area (Å²) in [6.45, 7) is 2.80. The van der Waals surface area contributed by atoms with E-state index in [2.05, 4.69) is 33.3 Å². The molecule has 0 aliphatic heterocycles. The van der Waals surface area contributed by atoms with Crippen LogP contribution in [0.5, 0.6) is 0 Å². The van der Waals surface area contributed by atoms with E-state index in [9.17, 15) is 4.79 Å². The van der Waals surface area contributed by atoms with Gasteiger partial charge >= 0.3 is 0 Å². The van der Waals surface area contributed by atoms with E-state index >= 15 is 0 Å². The Hall–Kier alpha value is -0.840. The van der Waals surface area contributed by atoms with Crippen LogP contribution in [0.1, 0.15) is 45.4 Å². The molecule has 0 bridgehead atoms. The van der Waals surface area contributed by atoms with Crippen LogP contribution in [0.3, 0.4) is 0 Å². The number of rotatable bonds is 5. The number of halogens is 1. The van der Waals surface area contributed by atoms with Crippen LogP contribution in [0.4, 0.5) is 5.69 Å². The highest BCUT2D eigenvalue weighted by Gasteiger charge is 2.17. The van der Waals surface area contributed by atoms with Gasteiger partial charge in [-0.3, -0.25) is 4.79 Å². The Morgan fingerprint density at radius 1 is 1.50 bits per heavy atom. The van der Waals surface area contributed by atoms with Crippen molar-refractivity contribution in [2.24, 2.45) is 0 Å². The van der Waals surface area contributed by atoms with E-state index in [1.807, 2.05) is 0 Å². The molecule has 4 nitrogen and oxygen atoms in total. The van der Waals surface area contributed by atoms with E-state index < -0.39 is 0 Å². The highest BCUT2D eigenvalue weighted by Crippen LogP contribution is 2.24. The van der Waals surface area contributed by atoms with Crippen LogP contribution in [-0.2, 0) is 6.54 Å². The molecule has 0 unspecified atom stereocenters. The van der Waals surface area contributed by atoms with Crippen LogP contribution in [0, 0.1) is 0 Å². The average molecular weight is 314 g/mol. The number of hydrogen-bond acceptors (Lipinski definition) is 3. The maximum absolute atomic E-state index is 12.1. The molecule has 5 heteroatoms. The predicted molar refractivity (Wildman–Crippen MR) is 77.0 cm³/mol. The van der Waals surface area contributed by atoms with Crippen LogP contribution >= 0.6 is 15.9 Å². The lowest BCUT2D eigenvalue weighted by Crippen LogP contribution is -2.26. The Morgan fingerprint density at radius 2 is 2.22 bits per heavy atom. The molecule has 0 spiro atoms.